The maximum Gasteiger partial charge on any atom is 0.0762 e. The highest BCUT2D eigenvalue weighted by atomic mass is 32.2. The van der Waals surface area contributed by atoms with Crippen LogP contribution in [-0.4, -0.2) is 26.8 Å². The molecule has 0 amide bonds. The van der Waals surface area contributed by atoms with E-state index >= 15 is 0 Å². The van der Waals surface area contributed by atoms with E-state index in [-0.39, 0.29) is 0 Å². The summed E-state index contributed by atoms with van der Waals surface area (Å²) in [6, 6.07) is 2.84. The van der Waals surface area contributed by atoms with Gasteiger partial charge < -0.3 is 5.32 Å². The lowest BCUT2D eigenvalue weighted by Gasteiger charge is -2.22. The van der Waals surface area contributed by atoms with Crippen LogP contribution in [0.1, 0.15) is 57.2 Å². The molecule has 1 aromatic heterocycles. The lowest BCUT2D eigenvalue weighted by molar-refractivity contribution is 0.458. The molecular weight excluding hydrogens is 254 g/mol. The van der Waals surface area contributed by atoms with Crippen molar-refractivity contribution >= 4 is 11.8 Å². The van der Waals surface area contributed by atoms with Gasteiger partial charge in [-0.1, -0.05) is 12.8 Å². The average Bonchev–Trinajstić information content (AvgIpc) is 3.08. The van der Waals surface area contributed by atoms with Gasteiger partial charge in [0.05, 0.1) is 11.7 Å². The summed E-state index contributed by atoms with van der Waals surface area (Å²) in [7, 11) is 0. The van der Waals surface area contributed by atoms with Crippen LogP contribution in [-0.2, 0) is 6.54 Å². The van der Waals surface area contributed by atoms with Gasteiger partial charge in [-0.2, -0.15) is 16.9 Å². The second-order valence-corrected chi connectivity index (χ2v) is 7.91. The van der Waals surface area contributed by atoms with E-state index in [9.17, 15) is 0 Å². The Morgan fingerprint density at radius 3 is 3.00 bits per heavy atom. The maximum atomic E-state index is 4.73. The van der Waals surface area contributed by atoms with Crippen molar-refractivity contribution in [2.75, 3.05) is 12.3 Å². The molecule has 3 rings (SSSR count). The number of thioether (sulfide) groups is 1. The summed E-state index contributed by atoms with van der Waals surface area (Å²) in [5.41, 5.74) is 1.19. The number of aromatic nitrogens is 2. The van der Waals surface area contributed by atoms with Gasteiger partial charge >= 0.3 is 0 Å². The van der Waals surface area contributed by atoms with E-state index in [1.807, 2.05) is 0 Å². The second-order valence-electron chi connectivity index (χ2n) is 6.23. The van der Waals surface area contributed by atoms with E-state index in [4.69, 9.17) is 5.10 Å². The van der Waals surface area contributed by atoms with Gasteiger partial charge in [0.15, 0.2) is 0 Å². The van der Waals surface area contributed by atoms with Gasteiger partial charge in [0, 0.05) is 24.0 Å². The minimum Gasteiger partial charge on any atom is -0.310 e. The van der Waals surface area contributed by atoms with Gasteiger partial charge in [-0.25, -0.2) is 0 Å². The molecule has 0 aromatic carbocycles. The molecule has 1 unspecified atom stereocenters. The molecule has 19 heavy (non-hydrogen) atoms. The smallest absolute Gasteiger partial charge is 0.0762 e. The summed E-state index contributed by atoms with van der Waals surface area (Å²) in [5.74, 6) is 1.33. The van der Waals surface area contributed by atoms with Crippen molar-refractivity contribution in [3.05, 3.63) is 18.0 Å². The lowest BCUT2D eigenvalue weighted by Crippen LogP contribution is -2.32. The van der Waals surface area contributed by atoms with Crippen LogP contribution < -0.4 is 5.32 Å². The fourth-order valence-corrected chi connectivity index (χ4v) is 4.55. The summed E-state index contributed by atoms with van der Waals surface area (Å²) in [6.07, 6.45) is 10.2. The van der Waals surface area contributed by atoms with E-state index in [2.05, 4.69) is 40.9 Å². The van der Waals surface area contributed by atoms with Crippen molar-refractivity contribution in [3.63, 3.8) is 0 Å². The first-order valence-corrected chi connectivity index (χ1v) is 8.62. The molecule has 1 saturated carbocycles. The highest BCUT2D eigenvalue weighted by Gasteiger charge is 2.28. The third kappa shape index (κ3) is 3.34. The van der Waals surface area contributed by atoms with Gasteiger partial charge in [-0.3, -0.25) is 4.68 Å². The molecule has 2 aliphatic rings. The van der Waals surface area contributed by atoms with Crippen LogP contribution in [0, 0.1) is 0 Å². The summed E-state index contributed by atoms with van der Waals surface area (Å²) >= 11 is 2.12. The maximum absolute atomic E-state index is 4.73. The Morgan fingerprint density at radius 2 is 2.26 bits per heavy atom. The first-order chi connectivity index (χ1) is 9.25. The largest absolute Gasteiger partial charge is 0.310 e. The summed E-state index contributed by atoms with van der Waals surface area (Å²) in [6.45, 7) is 4.40. The zero-order chi connectivity index (χ0) is 13.1. The summed E-state index contributed by atoms with van der Waals surface area (Å²) in [4.78, 5) is 0. The second kappa shape index (κ2) is 5.88. The Labute approximate surface area is 120 Å². The van der Waals surface area contributed by atoms with Gasteiger partial charge in [-0.05, 0) is 44.4 Å². The van der Waals surface area contributed by atoms with Crippen LogP contribution in [0.15, 0.2) is 12.3 Å². The normalized spacial score (nSPS) is 28.3. The molecule has 0 bridgehead atoms. The number of hydrogen-bond acceptors (Lipinski definition) is 3. The Bertz CT molecular complexity index is 403. The molecule has 4 heteroatoms. The van der Waals surface area contributed by atoms with Gasteiger partial charge in [-0.15, -0.1) is 0 Å². The molecule has 1 saturated heterocycles. The minimum absolute atomic E-state index is 0.452. The van der Waals surface area contributed by atoms with Crippen molar-refractivity contribution in [1.82, 2.24) is 15.1 Å². The Balaban J connectivity index is 1.47. The van der Waals surface area contributed by atoms with Crippen LogP contribution >= 0.6 is 11.8 Å². The molecule has 3 nitrogen and oxygen atoms in total. The van der Waals surface area contributed by atoms with E-state index < -0.39 is 0 Å². The average molecular weight is 279 g/mol. The van der Waals surface area contributed by atoms with Crippen molar-refractivity contribution in [1.29, 1.82) is 0 Å². The third-order valence-electron chi connectivity index (χ3n) is 4.47. The summed E-state index contributed by atoms with van der Waals surface area (Å²) in [5, 5.41) is 8.32. The van der Waals surface area contributed by atoms with Gasteiger partial charge in [0.1, 0.15) is 0 Å². The quantitative estimate of drug-likeness (QED) is 0.896. The van der Waals surface area contributed by atoms with E-state index in [0.29, 0.717) is 10.8 Å². The molecule has 1 aliphatic heterocycles. The molecule has 1 N–H and O–H groups in total. The fourth-order valence-electron chi connectivity index (χ4n) is 3.28. The predicted molar refractivity (Wildman–Crippen MR) is 81.5 cm³/mol. The van der Waals surface area contributed by atoms with Crippen molar-refractivity contribution < 1.29 is 0 Å². The van der Waals surface area contributed by atoms with E-state index in [1.54, 1.807) is 0 Å². The van der Waals surface area contributed by atoms with Crippen LogP contribution in [0.5, 0.6) is 0 Å². The molecule has 0 radical (unpaired) electrons. The van der Waals surface area contributed by atoms with Crippen LogP contribution in [0.3, 0.4) is 0 Å². The molecule has 2 heterocycles. The Hall–Kier alpha value is -0.480. The van der Waals surface area contributed by atoms with E-state index in [1.165, 1.54) is 50.0 Å². The first-order valence-electron chi connectivity index (χ1n) is 7.64. The van der Waals surface area contributed by atoms with Crippen molar-refractivity contribution in [3.8, 4) is 0 Å². The highest BCUT2D eigenvalue weighted by Crippen LogP contribution is 2.37. The number of nitrogens with zero attached hydrogens (tertiary/aromatic N) is 2. The number of rotatable bonds is 5. The standard InChI is InChI=1S/C15H25N3S/c1-15(8-4-10-19-15)12-16-11-13-7-9-18(17-13)14-5-2-3-6-14/h7,9,14,16H,2-6,8,10-12H2,1H3. The topological polar surface area (TPSA) is 29.9 Å². The first kappa shape index (κ1) is 13.5. The minimum atomic E-state index is 0.452. The van der Waals surface area contributed by atoms with Crippen molar-refractivity contribution in [2.24, 2.45) is 0 Å². The van der Waals surface area contributed by atoms with Gasteiger partial charge in [0.25, 0.3) is 0 Å². The fraction of sp³-hybridized carbons (Fsp3) is 0.800. The van der Waals surface area contributed by atoms with Crippen molar-refractivity contribution in [2.45, 2.75) is 62.8 Å². The van der Waals surface area contributed by atoms with Crippen LogP contribution in [0.25, 0.3) is 0 Å². The zero-order valence-corrected chi connectivity index (χ0v) is 12.7. The monoisotopic (exact) mass is 279 g/mol. The molecule has 106 valence electrons. The zero-order valence-electron chi connectivity index (χ0n) is 11.9. The third-order valence-corrected chi connectivity index (χ3v) is 6.01. The van der Waals surface area contributed by atoms with Gasteiger partial charge in [0.2, 0.25) is 0 Å². The highest BCUT2D eigenvalue weighted by molar-refractivity contribution is 8.00. The Kier molecular flexibility index (Phi) is 4.18. The molecule has 1 atom stereocenters. The lowest BCUT2D eigenvalue weighted by atomic mass is 10.1. The molecule has 1 aromatic rings. The summed E-state index contributed by atoms with van der Waals surface area (Å²) < 4.78 is 2.64. The predicted octanol–water partition coefficient (Wildman–Crippen LogP) is 3.37. The molecule has 0 spiro atoms. The Morgan fingerprint density at radius 1 is 1.42 bits per heavy atom. The molecular formula is C15H25N3S. The molecule has 2 fully saturated rings. The number of hydrogen-bond donors (Lipinski definition) is 1. The van der Waals surface area contributed by atoms with E-state index in [0.717, 1.165) is 13.1 Å². The van der Waals surface area contributed by atoms with Crippen LogP contribution in [0.2, 0.25) is 0 Å². The van der Waals surface area contributed by atoms with Crippen LogP contribution in [0.4, 0.5) is 0 Å². The molecule has 1 aliphatic carbocycles. The SMILES string of the molecule is CC1(CNCc2ccn(C3CCCC3)n2)CCCS1. The number of nitrogens with one attached hydrogen (secondary N) is 1.